The molecule has 126 valence electrons. The van der Waals surface area contributed by atoms with Crippen molar-refractivity contribution in [1.29, 1.82) is 0 Å². The summed E-state index contributed by atoms with van der Waals surface area (Å²) in [6.45, 7) is 0. The van der Waals surface area contributed by atoms with Crippen LogP contribution < -0.4 is 10.6 Å². The first kappa shape index (κ1) is 16.4. The Morgan fingerprint density at radius 3 is 2.28 bits per heavy atom. The van der Waals surface area contributed by atoms with Crippen LogP contribution in [0.25, 0.3) is 6.08 Å². The summed E-state index contributed by atoms with van der Waals surface area (Å²) in [7, 11) is 3.91. The van der Waals surface area contributed by atoms with Gasteiger partial charge in [0.1, 0.15) is 5.70 Å². The van der Waals surface area contributed by atoms with Crippen LogP contribution in [-0.2, 0) is 4.79 Å². The van der Waals surface area contributed by atoms with Gasteiger partial charge in [0.05, 0.1) is 0 Å². The molecule has 1 aliphatic rings. The van der Waals surface area contributed by atoms with Crippen molar-refractivity contribution in [1.82, 2.24) is 4.90 Å². The van der Waals surface area contributed by atoms with Gasteiger partial charge in [-0.15, -0.1) is 0 Å². The molecule has 0 atom stereocenters. The fourth-order valence-corrected chi connectivity index (χ4v) is 2.53. The lowest BCUT2D eigenvalue weighted by molar-refractivity contribution is -0.120. The molecular formula is C19H18N4O2. The van der Waals surface area contributed by atoms with Crippen LogP contribution in [0, 0.1) is 0 Å². The second kappa shape index (κ2) is 6.60. The molecule has 3 amide bonds. The van der Waals surface area contributed by atoms with Crippen LogP contribution in [0.3, 0.4) is 0 Å². The van der Waals surface area contributed by atoms with Gasteiger partial charge in [-0.2, -0.15) is 0 Å². The molecule has 0 saturated heterocycles. The van der Waals surface area contributed by atoms with E-state index in [0.29, 0.717) is 5.56 Å². The van der Waals surface area contributed by atoms with Gasteiger partial charge in [0, 0.05) is 25.3 Å². The van der Waals surface area contributed by atoms with Crippen molar-refractivity contribution in [3.63, 3.8) is 0 Å². The molecule has 0 radical (unpaired) electrons. The maximum Gasteiger partial charge on any atom is 0.327 e. The minimum Gasteiger partial charge on any atom is -0.378 e. The zero-order valence-electron chi connectivity index (χ0n) is 14.0. The van der Waals surface area contributed by atoms with Gasteiger partial charge >= 0.3 is 6.03 Å². The maximum atomic E-state index is 12.5. The molecule has 0 aromatic heterocycles. The number of hydrogen-bond acceptors (Lipinski definition) is 4. The molecule has 6 heteroatoms. The molecule has 3 rings (SSSR count). The van der Waals surface area contributed by atoms with Gasteiger partial charge in [0.25, 0.3) is 5.91 Å². The van der Waals surface area contributed by atoms with Crippen molar-refractivity contribution in [2.45, 2.75) is 0 Å². The molecule has 2 aromatic carbocycles. The van der Waals surface area contributed by atoms with E-state index in [0.717, 1.165) is 16.2 Å². The molecule has 0 fully saturated rings. The fourth-order valence-electron chi connectivity index (χ4n) is 2.53. The molecule has 25 heavy (non-hydrogen) atoms. The van der Waals surface area contributed by atoms with Crippen LogP contribution >= 0.6 is 0 Å². The smallest absolute Gasteiger partial charge is 0.327 e. The summed E-state index contributed by atoms with van der Waals surface area (Å²) in [6.07, 6.45) is 1.65. The molecule has 0 spiro atoms. The first-order chi connectivity index (χ1) is 12.0. The number of aliphatic imine (C=N–C) groups is 1. The molecule has 1 heterocycles. The predicted molar refractivity (Wildman–Crippen MR) is 98.2 cm³/mol. The summed E-state index contributed by atoms with van der Waals surface area (Å²) in [5.41, 5.74) is 8.07. The van der Waals surface area contributed by atoms with Gasteiger partial charge < -0.3 is 10.6 Å². The van der Waals surface area contributed by atoms with Crippen molar-refractivity contribution in [2.75, 3.05) is 19.0 Å². The van der Waals surface area contributed by atoms with Gasteiger partial charge in [0.2, 0.25) is 0 Å². The third-order valence-corrected chi connectivity index (χ3v) is 3.83. The van der Waals surface area contributed by atoms with Crippen molar-refractivity contribution in [3.05, 3.63) is 71.4 Å². The largest absolute Gasteiger partial charge is 0.378 e. The van der Waals surface area contributed by atoms with E-state index in [9.17, 15) is 9.59 Å². The summed E-state index contributed by atoms with van der Waals surface area (Å²) < 4.78 is 0. The summed E-state index contributed by atoms with van der Waals surface area (Å²) in [5, 5.41) is 0. The summed E-state index contributed by atoms with van der Waals surface area (Å²) in [4.78, 5) is 31.5. The van der Waals surface area contributed by atoms with Crippen LogP contribution in [0.1, 0.15) is 11.1 Å². The predicted octanol–water partition coefficient (Wildman–Crippen LogP) is 2.46. The average molecular weight is 334 g/mol. The number of urea groups is 1. The van der Waals surface area contributed by atoms with Gasteiger partial charge in [0.15, 0.2) is 5.84 Å². The van der Waals surface area contributed by atoms with Crippen molar-refractivity contribution in [3.8, 4) is 0 Å². The lowest BCUT2D eigenvalue weighted by Crippen LogP contribution is -2.42. The van der Waals surface area contributed by atoms with Crippen LogP contribution in [0.5, 0.6) is 0 Å². The average Bonchev–Trinajstić information content (AvgIpc) is 2.93. The van der Waals surface area contributed by atoms with E-state index in [1.54, 1.807) is 18.2 Å². The Kier molecular flexibility index (Phi) is 4.35. The van der Waals surface area contributed by atoms with E-state index in [2.05, 4.69) is 4.99 Å². The van der Waals surface area contributed by atoms with Gasteiger partial charge in [-0.25, -0.2) is 14.7 Å². The number of carbonyl (C=O) groups is 2. The highest BCUT2D eigenvalue weighted by atomic mass is 16.2. The molecular weight excluding hydrogens is 316 g/mol. The number of anilines is 1. The highest BCUT2D eigenvalue weighted by Crippen LogP contribution is 2.22. The summed E-state index contributed by atoms with van der Waals surface area (Å²) in [5.74, 6) is -0.280. The van der Waals surface area contributed by atoms with Gasteiger partial charge in [-0.05, 0) is 23.8 Å². The topological polar surface area (TPSA) is 79.0 Å². The minimum atomic E-state index is -0.848. The Morgan fingerprint density at radius 1 is 1.08 bits per heavy atom. The molecule has 2 N–H and O–H groups in total. The van der Waals surface area contributed by atoms with Gasteiger partial charge in [-0.3, -0.25) is 4.79 Å². The quantitative estimate of drug-likeness (QED) is 0.876. The molecule has 2 aromatic rings. The van der Waals surface area contributed by atoms with E-state index in [1.807, 2.05) is 61.5 Å². The lowest BCUT2D eigenvalue weighted by atomic mass is 10.1. The first-order valence-electron chi connectivity index (χ1n) is 7.74. The number of benzene rings is 2. The number of primary amides is 1. The van der Waals surface area contributed by atoms with Crippen LogP contribution in [0.2, 0.25) is 0 Å². The SMILES string of the molecule is CN(C)c1ccc(/C=C2/N=C(c3ccccc3)N(C(N)=O)C2=O)cc1. The van der Waals surface area contributed by atoms with Crippen molar-refractivity contribution in [2.24, 2.45) is 10.7 Å². The molecule has 6 nitrogen and oxygen atoms in total. The van der Waals surface area contributed by atoms with Gasteiger partial charge in [-0.1, -0.05) is 42.5 Å². The van der Waals surface area contributed by atoms with Crippen molar-refractivity contribution >= 4 is 29.5 Å². The van der Waals surface area contributed by atoms with E-state index >= 15 is 0 Å². The van der Waals surface area contributed by atoms with Crippen molar-refractivity contribution < 1.29 is 9.59 Å². The third-order valence-electron chi connectivity index (χ3n) is 3.83. The monoisotopic (exact) mass is 334 g/mol. The van der Waals surface area contributed by atoms with Crippen LogP contribution in [-0.4, -0.2) is 36.8 Å². The van der Waals surface area contributed by atoms with Crippen LogP contribution in [0.15, 0.2) is 65.3 Å². The normalized spacial score (nSPS) is 15.4. The van der Waals surface area contributed by atoms with E-state index in [1.165, 1.54) is 0 Å². The second-order valence-corrected chi connectivity index (χ2v) is 5.80. The molecule has 0 bridgehead atoms. The molecule has 0 unspecified atom stereocenters. The number of nitrogens with zero attached hydrogens (tertiary/aromatic N) is 3. The molecule has 1 aliphatic heterocycles. The minimum absolute atomic E-state index is 0.176. The Labute approximate surface area is 145 Å². The van der Waals surface area contributed by atoms with Crippen LogP contribution in [0.4, 0.5) is 10.5 Å². The number of imide groups is 1. The Hall–Kier alpha value is -3.41. The summed E-state index contributed by atoms with van der Waals surface area (Å²) in [6, 6.07) is 15.8. The number of amidine groups is 1. The summed E-state index contributed by atoms with van der Waals surface area (Å²) >= 11 is 0. The third kappa shape index (κ3) is 3.28. The highest BCUT2D eigenvalue weighted by Gasteiger charge is 2.34. The lowest BCUT2D eigenvalue weighted by Gasteiger charge is -2.13. The Balaban J connectivity index is 2.00. The number of hydrogen-bond donors (Lipinski definition) is 1. The van der Waals surface area contributed by atoms with E-state index < -0.39 is 11.9 Å². The number of rotatable bonds is 3. The number of amides is 3. The molecule has 0 saturated carbocycles. The number of carbonyl (C=O) groups excluding carboxylic acids is 2. The Bertz CT molecular complexity index is 868. The fraction of sp³-hybridized carbons (Fsp3) is 0.105. The number of nitrogens with two attached hydrogens (primary N) is 1. The second-order valence-electron chi connectivity index (χ2n) is 5.80. The molecule has 0 aliphatic carbocycles. The highest BCUT2D eigenvalue weighted by molar-refractivity contribution is 6.27. The van der Waals surface area contributed by atoms with E-state index in [4.69, 9.17) is 5.73 Å². The zero-order valence-corrected chi connectivity index (χ0v) is 14.0. The standard InChI is InChI=1S/C19H18N4O2/c1-22(2)15-10-8-13(9-11-15)12-16-18(24)23(19(20)25)17(21-16)14-6-4-3-5-7-14/h3-12H,1-2H3,(H2,20,25)/b16-12+. The van der Waals surface area contributed by atoms with E-state index in [-0.39, 0.29) is 11.5 Å². The maximum absolute atomic E-state index is 12.5. The first-order valence-corrected chi connectivity index (χ1v) is 7.74. The zero-order chi connectivity index (χ0) is 18.0. The Morgan fingerprint density at radius 2 is 1.72 bits per heavy atom.